The molecule has 5 rings (SSSR count). The minimum absolute atomic E-state index is 0. The Morgan fingerprint density at radius 1 is 0.938 bits per heavy atom. The van der Waals surface area contributed by atoms with Gasteiger partial charge in [-0.05, 0) is 75.3 Å². The summed E-state index contributed by atoms with van der Waals surface area (Å²) in [5.41, 5.74) is 8.11. The second-order valence-electron chi connectivity index (χ2n) is 10.7. The van der Waals surface area contributed by atoms with E-state index in [-0.39, 0.29) is 52.2 Å². The van der Waals surface area contributed by atoms with Crippen molar-refractivity contribution >= 4 is 42.0 Å². The molecule has 2 aromatic heterocycles. The Morgan fingerprint density at radius 3 is 2.23 bits per heavy atom. The molecule has 0 atom stereocenters. The predicted molar refractivity (Wildman–Crippen MR) is 195 cm³/mol. The van der Waals surface area contributed by atoms with Crippen molar-refractivity contribution in [3.05, 3.63) is 90.1 Å². The molecule has 0 saturated heterocycles. The zero-order chi connectivity index (χ0) is 28.9. The Bertz CT molecular complexity index is 1680. The second-order valence-corrected chi connectivity index (χ2v) is 10.7. The number of hydrogen-bond acceptors (Lipinski definition) is 5. The SMILES string of the molecule is CCCc1nc2c(C)cc(-c3cn(CCCN(C)C)cn3)cc2n1Cc1ccc(-c2ccccc2OC(=O)O)cc1.Cl.Cl.O.O.O.O.O. The van der Waals surface area contributed by atoms with E-state index in [0.29, 0.717) is 12.3 Å². The van der Waals surface area contributed by atoms with Crippen LogP contribution in [0, 0.1) is 6.92 Å². The number of ether oxygens (including phenoxy) is 1. The topological polar surface area (TPSA) is 243 Å². The van der Waals surface area contributed by atoms with Gasteiger partial charge in [0.05, 0.1) is 23.1 Å². The number of fused-ring (bicyclic) bond motifs is 1. The van der Waals surface area contributed by atoms with E-state index in [2.05, 4.69) is 72.4 Å². The number of benzene rings is 3. The van der Waals surface area contributed by atoms with Crippen LogP contribution in [0.2, 0.25) is 0 Å². The molecule has 0 fully saturated rings. The third-order valence-electron chi connectivity index (χ3n) is 7.24. The van der Waals surface area contributed by atoms with Crippen molar-refractivity contribution < 1.29 is 42.0 Å². The van der Waals surface area contributed by atoms with Crippen molar-refractivity contribution in [1.29, 1.82) is 0 Å². The summed E-state index contributed by atoms with van der Waals surface area (Å²) < 4.78 is 9.48. The molecule has 0 bridgehead atoms. The fourth-order valence-electron chi connectivity index (χ4n) is 5.24. The summed E-state index contributed by atoms with van der Waals surface area (Å²) in [4.78, 5) is 23.1. The molecular weight excluding hydrogens is 665 g/mol. The Labute approximate surface area is 292 Å². The maximum atomic E-state index is 11.1. The highest BCUT2D eigenvalue weighted by Gasteiger charge is 2.16. The number of para-hydroxylation sites is 1. The molecule has 5 aromatic rings. The number of aromatic nitrogens is 4. The number of imidazole rings is 2. The van der Waals surface area contributed by atoms with Crippen LogP contribution in [-0.2, 0) is 19.5 Å². The Kier molecular flexibility index (Phi) is 21.9. The number of nitrogens with zero attached hydrogens (tertiary/aromatic N) is 5. The van der Waals surface area contributed by atoms with Crippen molar-refractivity contribution in [2.45, 2.75) is 46.2 Å². The van der Waals surface area contributed by atoms with Gasteiger partial charge in [0.2, 0.25) is 0 Å². The monoisotopic (exact) mass is 713 g/mol. The first-order chi connectivity index (χ1) is 19.8. The molecule has 0 saturated carbocycles. The van der Waals surface area contributed by atoms with Gasteiger partial charge in [0, 0.05) is 36.8 Å². The summed E-state index contributed by atoms with van der Waals surface area (Å²) in [5, 5.41) is 9.11. The van der Waals surface area contributed by atoms with E-state index >= 15 is 0 Å². The summed E-state index contributed by atoms with van der Waals surface area (Å²) in [6.45, 7) is 6.96. The molecule has 3 aromatic carbocycles. The van der Waals surface area contributed by atoms with E-state index in [9.17, 15) is 4.79 Å². The highest BCUT2D eigenvalue weighted by atomic mass is 35.5. The summed E-state index contributed by atoms with van der Waals surface area (Å²) in [6, 6.07) is 19.8. The fraction of sp³-hybridized carbons (Fsp3) is 0.303. The zero-order valence-corrected chi connectivity index (χ0v) is 29.1. The van der Waals surface area contributed by atoms with Crippen molar-refractivity contribution in [2.75, 3.05) is 20.6 Å². The van der Waals surface area contributed by atoms with E-state index in [1.165, 1.54) is 0 Å². The van der Waals surface area contributed by atoms with E-state index in [1.807, 2.05) is 30.6 Å². The number of halogens is 2. The van der Waals surface area contributed by atoms with Gasteiger partial charge in [0.15, 0.2) is 0 Å². The lowest BCUT2D eigenvalue weighted by atomic mass is 10.0. The molecular formula is C33H49Cl2N5O8. The standard InChI is InChI=1S/C33H37N5O3.2ClH.5H2O/c1-5-9-31-35-32-23(2)18-26(28-21-37(22-34-28)17-8-16-36(3)4)19-29(32)38(31)20-24-12-14-25(15-13-24)27-10-6-7-11-30(27)41-33(39)40;;;;;;;/h6-7,10-15,18-19,21-22H,5,8-9,16-17,20H2,1-4H3,(H,39,40);2*1H;5*1H2. The first kappa shape index (κ1) is 48.3. The minimum atomic E-state index is -1.32. The van der Waals surface area contributed by atoms with Gasteiger partial charge >= 0.3 is 6.16 Å². The van der Waals surface area contributed by atoms with Crippen LogP contribution in [-0.4, -0.2) is 83.3 Å². The van der Waals surface area contributed by atoms with Gasteiger partial charge < -0.3 is 51.3 Å². The van der Waals surface area contributed by atoms with E-state index in [4.69, 9.17) is 19.8 Å². The molecule has 0 amide bonds. The van der Waals surface area contributed by atoms with Crippen molar-refractivity contribution in [3.8, 4) is 28.1 Å². The average Bonchev–Trinajstić information content (AvgIpc) is 3.55. The van der Waals surface area contributed by atoms with Gasteiger partial charge in [-0.1, -0.05) is 49.4 Å². The summed E-state index contributed by atoms with van der Waals surface area (Å²) in [5.74, 6) is 1.39. The normalized spacial score (nSPS) is 9.77. The average molecular weight is 715 g/mol. The molecule has 15 heteroatoms. The van der Waals surface area contributed by atoms with Gasteiger partial charge in [-0.3, -0.25) is 0 Å². The van der Waals surface area contributed by atoms with Gasteiger partial charge in [-0.25, -0.2) is 14.8 Å². The molecule has 48 heavy (non-hydrogen) atoms. The zero-order valence-electron chi connectivity index (χ0n) is 27.5. The van der Waals surface area contributed by atoms with Crippen LogP contribution in [0.4, 0.5) is 4.79 Å². The summed E-state index contributed by atoms with van der Waals surface area (Å²) in [7, 11) is 4.19. The summed E-state index contributed by atoms with van der Waals surface area (Å²) >= 11 is 0. The van der Waals surface area contributed by atoms with Gasteiger partial charge in [-0.15, -0.1) is 24.8 Å². The predicted octanol–water partition coefficient (Wildman–Crippen LogP) is 3.60. The molecule has 0 spiro atoms. The molecule has 0 radical (unpaired) electrons. The third kappa shape index (κ3) is 11.3. The van der Waals surface area contributed by atoms with Crippen LogP contribution in [0.3, 0.4) is 0 Å². The van der Waals surface area contributed by atoms with Gasteiger partial charge in [0.25, 0.3) is 0 Å². The highest BCUT2D eigenvalue weighted by Crippen LogP contribution is 2.32. The lowest BCUT2D eigenvalue weighted by Gasteiger charge is -2.12. The molecule has 0 aliphatic carbocycles. The highest BCUT2D eigenvalue weighted by molar-refractivity contribution is 5.86. The number of aryl methyl sites for hydroxylation is 3. The molecule has 0 aliphatic heterocycles. The molecule has 0 unspecified atom stereocenters. The number of rotatable bonds is 11. The second kappa shape index (κ2) is 21.8. The molecule has 2 heterocycles. The maximum Gasteiger partial charge on any atom is 0.511 e. The third-order valence-corrected chi connectivity index (χ3v) is 7.24. The van der Waals surface area contributed by atoms with Crippen LogP contribution in [0.15, 0.2) is 73.2 Å². The van der Waals surface area contributed by atoms with Crippen molar-refractivity contribution in [1.82, 2.24) is 24.0 Å². The molecule has 13 nitrogen and oxygen atoms in total. The lowest BCUT2D eigenvalue weighted by molar-refractivity contribution is 0.144. The van der Waals surface area contributed by atoms with Crippen molar-refractivity contribution in [3.63, 3.8) is 0 Å². The molecule has 268 valence electrons. The first-order valence-electron chi connectivity index (χ1n) is 14.1. The molecule has 11 N–H and O–H groups in total. The quantitative estimate of drug-likeness (QED) is 0.158. The lowest BCUT2D eigenvalue weighted by Crippen LogP contribution is -2.14. The Morgan fingerprint density at radius 2 is 1.60 bits per heavy atom. The van der Waals surface area contributed by atoms with Crippen molar-refractivity contribution in [2.24, 2.45) is 0 Å². The van der Waals surface area contributed by atoms with Crippen LogP contribution < -0.4 is 4.74 Å². The van der Waals surface area contributed by atoms with Crippen LogP contribution in [0.1, 0.15) is 36.7 Å². The smallest absolute Gasteiger partial charge is 0.449 e. The van der Waals surface area contributed by atoms with E-state index < -0.39 is 6.16 Å². The van der Waals surface area contributed by atoms with Gasteiger partial charge in [-0.2, -0.15) is 0 Å². The summed E-state index contributed by atoms with van der Waals surface area (Å²) in [6.07, 6.45) is 5.70. The molecule has 0 aliphatic rings. The number of hydrogen-bond donors (Lipinski definition) is 1. The fourth-order valence-corrected chi connectivity index (χ4v) is 5.24. The van der Waals surface area contributed by atoms with Gasteiger partial charge in [0.1, 0.15) is 11.6 Å². The minimum Gasteiger partial charge on any atom is -0.449 e. The van der Waals surface area contributed by atoms with Crippen LogP contribution in [0.5, 0.6) is 5.75 Å². The van der Waals surface area contributed by atoms with Crippen LogP contribution in [0.25, 0.3) is 33.4 Å². The van der Waals surface area contributed by atoms with E-state index in [0.717, 1.165) is 82.7 Å². The maximum absolute atomic E-state index is 11.1. The Balaban J connectivity index is -0.00000289. The number of carboxylic acid groups (broad SMARTS) is 1. The Hall–Kier alpha value is -4.05. The van der Waals surface area contributed by atoms with Crippen LogP contribution >= 0.6 is 24.8 Å². The van der Waals surface area contributed by atoms with E-state index in [1.54, 1.807) is 12.1 Å². The largest absolute Gasteiger partial charge is 0.511 e. The number of carbonyl (C=O) groups is 1. The first-order valence-corrected chi connectivity index (χ1v) is 14.1.